The molecule has 9 nitrogen and oxygen atoms in total. The van der Waals surface area contributed by atoms with E-state index in [1.54, 1.807) is 59.0 Å². The molecule has 2 N–H and O–H groups in total. The standard InChI is InChI=1S/C29H28N4O5/c1-17(18-6-8-24(35-2)26(12-18)37-4)33-29(34)20(14-30)10-22-16-32-28-23(22)11-21(15-31-28)19-7-9-25(36-3)27(13-19)38-5/h6-13,15-17H,1-5H3,(H,31,32)(H,33,34)/b20-10-. The van der Waals surface area contributed by atoms with E-state index in [2.05, 4.69) is 15.3 Å². The van der Waals surface area contributed by atoms with Crippen LogP contribution in [-0.2, 0) is 4.79 Å². The van der Waals surface area contributed by atoms with Gasteiger partial charge < -0.3 is 29.2 Å². The number of hydrogen-bond acceptors (Lipinski definition) is 7. The molecule has 9 heteroatoms. The number of nitrogens with one attached hydrogen (secondary N) is 2. The van der Waals surface area contributed by atoms with Crippen LogP contribution in [0.1, 0.15) is 24.1 Å². The van der Waals surface area contributed by atoms with Gasteiger partial charge in [-0.3, -0.25) is 4.79 Å². The van der Waals surface area contributed by atoms with E-state index >= 15 is 0 Å². The highest BCUT2D eigenvalue weighted by atomic mass is 16.5. The molecule has 0 fully saturated rings. The van der Waals surface area contributed by atoms with Gasteiger partial charge in [0, 0.05) is 28.9 Å². The number of carbonyl (C=O) groups excluding carboxylic acids is 1. The van der Waals surface area contributed by atoms with Gasteiger partial charge in [-0.2, -0.15) is 5.26 Å². The molecule has 0 spiro atoms. The summed E-state index contributed by atoms with van der Waals surface area (Å²) in [4.78, 5) is 20.6. The van der Waals surface area contributed by atoms with Gasteiger partial charge in [0.15, 0.2) is 23.0 Å². The number of rotatable bonds is 9. The van der Waals surface area contributed by atoms with Crippen molar-refractivity contribution in [2.24, 2.45) is 0 Å². The summed E-state index contributed by atoms with van der Waals surface area (Å²) in [7, 11) is 6.28. The number of nitriles is 1. The molecule has 0 aliphatic rings. The summed E-state index contributed by atoms with van der Waals surface area (Å²) in [6, 6.07) is 14.6. The molecule has 4 aromatic rings. The number of methoxy groups -OCH3 is 4. The molecule has 0 radical (unpaired) electrons. The van der Waals surface area contributed by atoms with Crippen LogP contribution in [0.15, 0.2) is 60.4 Å². The lowest BCUT2D eigenvalue weighted by atomic mass is 10.0. The van der Waals surface area contributed by atoms with Crippen LogP contribution in [0.25, 0.3) is 28.2 Å². The molecule has 2 aromatic heterocycles. The Kier molecular flexibility index (Phi) is 7.83. The van der Waals surface area contributed by atoms with Gasteiger partial charge in [0.2, 0.25) is 0 Å². The van der Waals surface area contributed by atoms with Crippen LogP contribution in [0.5, 0.6) is 23.0 Å². The maximum absolute atomic E-state index is 13.0. The summed E-state index contributed by atoms with van der Waals surface area (Å²) in [5.41, 5.74) is 3.81. The van der Waals surface area contributed by atoms with Crippen molar-refractivity contribution < 1.29 is 23.7 Å². The number of carbonyl (C=O) groups is 1. The third-order valence-electron chi connectivity index (χ3n) is 6.20. The maximum Gasteiger partial charge on any atom is 0.262 e. The Morgan fingerprint density at radius 3 is 2.26 bits per heavy atom. The molecule has 1 amide bonds. The maximum atomic E-state index is 13.0. The third-order valence-corrected chi connectivity index (χ3v) is 6.20. The number of pyridine rings is 1. The van der Waals surface area contributed by atoms with Crippen LogP contribution in [0, 0.1) is 11.3 Å². The second-order valence-corrected chi connectivity index (χ2v) is 8.41. The van der Waals surface area contributed by atoms with Crippen molar-refractivity contribution in [1.82, 2.24) is 15.3 Å². The van der Waals surface area contributed by atoms with Gasteiger partial charge in [-0.1, -0.05) is 12.1 Å². The first kappa shape index (κ1) is 26.1. The van der Waals surface area contributed by atoms with Gasteiger partial charge in [-0.05, 0) is 54.5 Å². The van der Waals surface area contributed by atoms with Gasteiger partial charge in [0.05, 0.1) is 34.5 Å². The molecular formula is C29H28N4O5. The van der Waals surface area contributed by atoms with E-state index in [0.717, 1.165) is 22.1 Å². The van der Waals surface area contributed by atoms with Crippen molar-refractivity contribution in [3.8, 4) is 40.2 Å². The summed E-state index contributed by atoms with van der Waals surface area (Å²) in [5.74, 6) is 1.88. The van der Waals surface area contributed by atoms with Crippen molar-refractivity contribution in [1.29, 1.82) is 5.26 Å². The number of aromatic amines is 1. The normalized spacial score (nSPS) is 11.9. The molecule has 0 saturated heterocycles. The second kappa shape index (κ2) is 11.4. The minimum Gasteiger partial charge on any atom is -0.493 e. The predicted molar refractivity (Wildman–Crippen MR) is 144 cm³/mol. The lowest BCUT2D eigenvalue weighted by Gasteiger charge is -2.16. The molecule has 1 atom stereocenters. The molecule has 0 aliphatic heterocycles. The Morgan fingerprint density at radius 2 is 1.61 bits per heavy atom. The van der Waals surface area contributed by atoms with E-state index in [0.29, 0.717) is 34.2 Å². The second-order valence-electron chi connectivity index (χ2n) is 8.41. The summed E-state index contributed by atoms with van der Waals surface area (Å²) in [6.45, 7) is 1.83. The number of amides is 1. The average Bonchev–Trinajstić information content (AvgIpc) is 3.36. The highest BCUT2D eigenvalue weighted by molar-refractivity contribution is 6.04. The van der Waals surface area contributed by atoms with Crippen molar-refractivity contribution >= 4 is 23.0 Å². The molecule has 2 aromatic carbocycles. The molecule has 194 valence electrons. The minimum absolute atomic E-state index is 0.0326. The first-order valence-corrected chi connectivity index (χ1v) is 11.8. The fraction of sp³-hybridized carbons (Fsp3) is 0.207. The lowest BCUT2D eigenvalue weighted by molar-refractivity contribution is -0.117. The van der Waals surface area contributed by atoms with Crippen molar-refractivity contribution in [3.63, 3.8) is 0 Å². The number of benzene rings is 2. The zero-order chi connectivity index (χ0) is 27.2. The minimum atomic E-state index is -0.492. The van der Waals surface area contributed by atoms with E-state index in [1.807, 2.05) is 43.3 Å². The van der Waals surface area contributed by atoms with Gasteiger partial charge in [-0.25, -0.2) is 4.98 Å². The SMILES string of the molecule is COc1ccc(-c2cnc3[nH]cc(/C=C(/C#N)C(=O)NC(C)c4ccc(OC)c(OC)c4)c3c2)cc1OC. The number of hydrogen-bond donors (Lipinski definition) is 2. The van der Waals surface area contributed by atoms with Crippen LogP contribution in [0.3, 0.4) is 0 Å². The summed E-state index contributed by atoms with van der Waals surface area (Å²) in [5, 5.41) is 13.4. The molecular weight excluding hydrogens is 484 g/mol. The summed E-state index contributed by atoms with van der Waals surface area (Å²) in [6.07, 6.45) is 5.02. The fourth-order valence-corrected chi connectivity index (χ4v) is 4.10. The van der Waals surface area contributed by atoms with Crippen LogP contribution in [0.2, 0.25) is 0 Å². The van der Waals surface area contributed by atoms with E-state index in [-0.39, 0.29) is 11.6 Å². The van der Waals surface area contributed by atoms with Crippen molar-refractivity contribution in [2.75, 3.05) is 28.4 Å². The molecule has 2 heterocycles. The Labute approximate surface area is 220 Å². The smallest absolute Gasteiger partial charge is 0.262 e. The molecule has 38 heavy (non-hydrogen) atoms. The average molecular weight is 513 g/mol. The van der Waals surface area contributed by atoms with E-state index in [1.165, 1.54) is 0 Å². The molecule has 0 bridgehead atoms. The highest BCUT2D eigenvalue weighted by Gasteiger charge is 2.17. The topological polar surface area (TPSA) is 118 Å². The number of fused-ring (bicyclic) bond motifs is 1. The number of nitrogens with zero attached hydrogens (tertiary/aromatic N) is 2. The van der Waals surface area contributed by atoms with Gasteiger partial charge in [0.1, 0.15) is 17.3 Å². The first-order valence-electron chi connectivity index (χ1n) is 11.8. The molecule has 0 saturated carbocycles. The van der Waals surface area contributed by atoms with Crippen LogP contribution < -0.4 is 24.3 Å². The van der Waals surface area contributed by atoms with Crippen LogP contribution in [0.4, 0.5) is 0 Å². The van der Waals surface area contributed by atoms with Gasteiger partial charge in [-0.15, -0.1) is 0 Å². The summed E-state index contributed by atoms with van der Waals surface area (Å²) >= 11 is 0. The van der Waals surface area contributed by atoms with E-state index < -0.39 is 5.91 Å². The molecule has 0 aliphatic carbocycles. The number of H-pyrrole nitrogens is 1. The van der Waals surface area contributed by atoms with Crippen LogP contribution in [-0.4, -0.2) is 44.3 Å². The lowest BCUT2D eigenvalue weighted by Crippen LogP contribution is -2.27. The monoisotopic (exact) mass is 512 g/mol. The van der Waals surface area contributed by atoms with E-state index in [4.69, 9.17) is 18.9 Å². The van der Waals surface area contributed by atoms with Gasteiger partial charge in [0.25, 0.3) is 5.91 Å². The largest absolute Gasteiger partial charge is 0.493 e. The third kappa shape index (κ3) is 5.25. The zero-order valence-corrected chi connectivity index (χ0v) is 21.8. The van der Waals surface area contributed by atoms with Gasteiger partial charge >= 0.3 is 0 Å². The number of aromatic nitrogens is 2. The quantitative estimate of drug-likeness (QED) is 0.238. The Morgan fingerprint density at radius 1 is 0.947 bits per heavy atom. The summed E-state index contributed by atoms with van der Waals surface area (Å²) < 4.78 is 21.4. The van der Waals surface area contributed by atoms with Crippen molar-refractivity contribution in [3.05, 3.63) is 71.6 Å². The molecule has 1 unspecified atom stereocenters. The van der Waals surface area contributed by atoms with Crippen molar-refractivity contribution in [2.45, 2.75) is 13.0 Å². The zero-order valence-electron chi connectivity index (χ0n) is 21.8. The van der Waals surface area contributed by atoms with E-state index in [9.17, 15) is 10.1 Å². The Bertz CT molecular complexity index is 1550. The first-order chi connectivity index (χ1) is 18.4. The molecule has 4 rings (SSSR count). The Hall–Kier alpha value is -4.97. The Balaban J connectivity index is 1.61. The van der Waals surface area contributed by atoms with Crippen LogP contribution >= 0.6 is 0 Å². The highest BCUT2D eigenvalue weighted by Crippen LogP contribution is 2.34. The fourth-order valence-electron chi connectivity index (χ4n) is 4.10. The number of ether oxygens (including phenoxy) is 4. The predicted octanol–water partition coefficient (Wildman–Crippen LogP) is 5.05.